The summed E-state index contributed by atoms with van der Waals surface area (Å²) in [5.74, 6) is -0.886. The van der Waals surface area contributed by atoms with Crippen LogP contribution < -0.4 is 5.43 Å². The van der Waals surface area contributed by atoms with Gasteiger partial charge in [-0.15, -0.1) is 0 Å². The molecular weight excluding hydrogens is 281 g/mol. The molecule has 0 aromatic rings. The number of hydrogen-bond acceptors (Lipinski definition) is 3. The number of hydrazone groups is 1. The molecule has 0 heterocycles. The maximum absolute atomic E-state index is 12.8. The molecule has 1 N–H and O–H groups in total. The zero-order valence-electron chi connectivity index (χ0n) is 14.2. The number of amidine groups is 1. The first-order valence-electron chi connectivity index (χ1n) is 7.61. The van der Waals surface area contributed by atoms with E-state index in [1.807, 2.05) is 13.8 Å². The van der Waals surface area contributed by atoms with Gasteiger partial charge in [0.15, 0.2) is 0 Å². The second kappa shape index (κ2) is 12.7. The third-order valence-corrected chi connectivity index (χ3v) is 2.66. The molecule has 0 unspecified atom stereocenters. The normalized spacial score (nSPS) is 12.0. The third-order valence-electron chi connectivity index (χ3n) is 2.66. The van der Waals surface area contributed by atoms with E-state index in [-0.39, 0.29) is 0 Å². The second-order valence-corrected chi connectivity index (χ2v) is 4.42. The van der Waals surface area contributed by atoms with Crippen LogP contribution in [0.4, 0.5) is 13.2 Å². The summed E-state index contributed by atoms with van der Waals surface area (Å²) in [6.07, 6.45) is -2.43. The SMILES string of the molecule is CC.CCCN(CCC)CCN(C)/C(=N\NC)C(F)(F)F. The number of halogens is 3. The van der Waals surface area contributed by atoms with E-state index in [2.05, 4.69) is 29.3 Å². The molecule has 4 nitrogen and oxygen atoms in total. The molecule has 0 radical (unpaired) electrons. The highest BCUT2D eigenvalue weighted by Crippen LogP contribution is 2.18. The van der Waals surface area contributed by atoms with Crippen molar-refractivity contribution in [3.05, 3.63) is 0 Å². The Labute approximate surface area is 127 Å². The first-order chi connectivity index (χ1) is 9.86. The van der Waals surface area contributed by atoms with Crippen molar-refractivity contribution >= 4 is 5.84 Å². The quantitative estimate of drug-likeness (QED) is 0.424. The van der Waals surface area contributed by atoms with Crippen LogP contribution >= 0.6 is 0 Å². The van der Waals surface area contributed by atoms with Gasteiger partial charge in [0.25, 0.3) is 0 Å². The standard InChI is InChI=1S/C12H25F3N4.C2H6/c1-5-7-19(8-6-2)10-9-18(4)11(17-16-3)12(13,14)15;1-2/h16H,5-10H2,1-4H3;1-2H3/b17-11-;. The summed E-state index contributed by atoms with van der Waals surface area (Å²) < 4.78 is 38.3. The molecule has 128 valence electrons. The Morgan fingerprint density at radius 1 is 1.00 bits per heavy atom. The van der Waals surface area contributed by atoms with Crippen LogP contribution in [0.15, 0.2) is 5.10 Å². The zero-order valence-corrected chi connectivity index (χ0v) is 14.2. The van der Waals surface area contributed by atoms with Crippen molar-refractivity contribution in [2.45, 2.75) is 46.7 Å². The van der Waals surface area contributed by atoms with Gasteiger partial charge >= 0.3 is 6.18 Å². The minimum Gasteiger partial charge on any atom is -0.353 e. The first kappa shape index (κ1) is 22.3. The zero-order chi connectivity index (χ0) is 16.9. The summed E-state index contributed by atoms with van der Waals surface area (Å²) in [6.45, 7) is 10.9. The molecule has 0 saturated heterocycles. The molecule has 0 aromatic heterocycles. The average Bonchev–Trinajstić information content (AvgIpc) is 2.43. The van der Waals surface area contributed by atoms with Gasteiger partial charge in [-0.05, 0) is 25.9 Å². The van der Waals surface area contributed by atoms with Crippen molar-refractivity contribution in [1.29, 1.82) is 0 Å². The van der Waals surface area contributed by atoms with Crippen LogP contribution in [0.2, 0.25) is 0 Å². The number of hydrogen-bond donors (Lipinski definition) is 1. The molecule has 0 spiro atoms. The number of nitrogens with one attached hydrogen (secondary N) is 1. The molecule has 7 heteroatoms. The monoisotopic (exact) mass is 312 g/mol. The fourth-order valence-electron chi connectivity index (χ4n) is 1.84. The molecule has 0 aromatic carbocycles. The highest BCUT2D eigenvalue weighted by molar-refractivity contribution is 5.87. The summed E-state index contributed by atoms with van der Waals surface area (Å²) in [5, 5.41) is 3.31. The Kier molecular flexibility index (Phi) is 13.5. The molecule has 0 aliphatic carbocycles. The van der Waals surface area contributed by atoms with E-state index in [1.165, 1.54) is 14.1 Å². The van der Waals surface area contributed by atoms with Crippen molar-refractivity contribution in [2.24, 2.45) is 5.10 Å². The van der Waals surface area contributed by atoms with Crippen molar-refractivity contribution in [2.75, 3.05) is 40.3 Å². The van der Waals surface area contributed by atoms with E-state index in [1.54, 1.807) is 0 Å². The minimum atomic E-state index is -4.43. The molecule has 0 amide bonds. The Hall–Kier alpha value is -0.980. The first-order valence-corrected chi connectivity index (χ1v) is 7.61. The van der Waals surface area contributed by atoms with Crippen LogP contribution in [-0.4, -0.2) is 62.1 Å². The van der Waals surface area contributed by atoms with Gasteiger partial charge in [0.1, 0.15) is 0 Å². The van der Waals surface area contributed by atoms with Gasteiger partial charge in [-0.2, -0.15) is 18.3 Å². The lowest BCUT2D eigenvalue weighted by molar-refractivity contribution is -0.0685. The van der Waals surface area contributed by atoms with Crippen LogP contribution in [0.5, 0.6) is 0 Å². The van der Waals surface area contributed by atoms with Crippen LogP contribution in [0.25, 0.3) is 0 Å². The predicted octanol–water partition coefficient (Wildman–Crippen LogP) is 3.16. The largest absolute Gasteiger partial charge is 0.451 e. The Morgan fingerprint density at radius 3 is 1.81 bits per heavy atom. The molecule has 0 saturated carbocycles. The molecule has 0 atom stereocenters. The van der Waals surface area contributed by atoms with Crippen LogP contribution in [0, 0.1) is 0 Å². The Bertz CT molecular complexity index is 261. The topological polar surface area (TPSA) is 30.9 Å². The van der Waals surface area contributed by atoms with Crippen molar-refractivity contribution < 1.29 is 13.2 Å². The Morgan fingerprint density at radius 2 is 1.48 bits per heavy atom. The lowest BCUT2D eigenvalue weighted by Gasteiger charge is -2.27. The van der Waals surface area contributed by atoms with E-state index in [9.17, 15) is 13.2 Å². The van der Waals surface area contributed by atoms with Crippen molar-refractivity contribution in [1.82, 2.24) is 15.2 Å². The summed E-state index contributed by atoms with van der Waals surface area (Å²) in [4.78, 5) is 3.32. The predicted molar refractivity (Wildman–Crippen MR) is 83.5 cm³/mol. The number of rotatable bonds is 8. The third kappa shape index (κ3) is 10.4. The maximum atomic E-state index is 12.8. The van der Waals surface area contributed by atoms with Gasteiger partial charge in [-0.25, -0.2) is 0 Å². The van der Waals surface area contributed by atoms with Gasteiger partial charge in [-0.1, -0.05) is 27.7 Å². The summed E-state index contributed by atoms with van der Waals surface area (Å²) in [7, 11) is 2.78. The van der Waals surface area contributed by atoms with Crippen LogP contribution in [0.3, 0.4) is 0 Å². The molecule has 0 aliphatic rings. The molecule has 0 aliphatic heterocycles. The lowest BCUT2D eigenvalue weighted by Crippen LogP contribution is -2.43. The molecule has 0 rings (SSSR count). The van der Waals surface area contributed by atoms with Crippen molar-refractivity contribution in [3.8, 4) is 0 Å². The van der Waals surface area contributed by atoms with Gasteiger partial charge in [0.05, 0.1) is 0 Å². The summed E-state index contributed by atoms with van der Waals surface area (Å²) >= 11 is 0. The van der Waals surface area contributed by atoms with E-state index < -0.39 is 12.0 Å². The van der Waals surface area contributed by atoms with Gasteiger partial charge in [0, 0.05) is 27.2 Å². The summed E-state index contributed by atoms with van der Waals surface area (Å²) in [5.41, 5.74) is 2.21. The second-order valence-electron chi connectivity index (χ2n) is 4.42. The van der Waals surface area contributed by atoms with Gasteiger partial charge < -0.3 is 15.2 Å². The van der Waals surface area contributed by atoms with E-state index in [0.29, 0.717) is 13.1 Å². The Balaban J connectivity index is 0. The number of alkyl halides is 3. The van der Waals surface area contributed by atoms with E-state index in [4.69, 9.17) is 0 Å². The maximum Gasteiger partial charge on any atom is 0.451 e. The summed E-state index contributed by atoms with van der Waals surface area (Å²) in [6, 6.07) is 0. The van der Waals surface area contributed by atoms with Crippen LogP contribution in [0.1, 0.15) is 40.5 Å². The van der Waals surface area contributed by atoms with Gasteiger partial charge in [-0.3, -0.25) is 0 Å². The van der Waals surface area contributed by atoms with Gasteiger partial charge in [0.2, 0.25) is 5.84 Å². The molecule has 0 fully saturated rings. The fraction of sp³-hybridized carbons (Fsp3) is 0.929. The molecular formula is C14H31F3N4. The highest BCUT2D eigenvalue weighted by Gasteiger charge is 2.38. The van der Waals surface area contributed by atoms with E-state index >= 15 is 0 Å². The molecule has 21 heavy (non-hydrogen) atoms. The highest BCUT2D eigenvalue weighted by atomic mass is 19.4. The fourth-order valence-corrected chi connectivity index (χ4v) is 1.84. The smallest absolute Gasteiger partial charge is 0.353 e. The molecule has 0 bridgehead atoms. The van der Waals surface area contributed by atoms with E-state index in [0.717, 1.165) is 30.8 Å². The van der Waals surface area contributed by atoms with Crippen molar-refractivity contribution in [3.63, 3.8) is 0 Å². The number of likely N-dealkylation sites (N-methyl/N-ethyl adjacent to an activating group) is 1. The lowest BCUT2D eigenvalue weighted by atomic mass is 10.3. The average molecular weight is 312 g/mol. The number of nitrogens with zero attached hydrogens (tertiary/aromatic N) is 3. The van der Waals surface area contributed by atoms with Crippen LogP contribution in [-0.2, 0) is 0 Å². The minimum absolute atomic E-state index is 0.306.